The number of nitrogens with one attached hydrogen (secondary N) is 2. The lowest BCUT2D eigenvalue weighted by Gasteiger charge is -2.39. The van der Waals surface area contributed by atoms with E-state index in [-0.39, 0.29) is 5.41 Å². The Kier molecular flexibility index (Phi) is 4.87. The fourth-order valence-corrected chi connectivity index (χ4v) is 7.25. The van der Waals surface area contributed by atoms with E-state index in [4.69, 9.17) is 14.7 Å². The molecule has 33 heavy (non-hydrogen) atoms. The molecule has 2 bridgehead atoms. The number of ether oxygens (including phenoxy) is 1. The third-order valence-corrected chi connectivity index (χ3v) is 8.96. The highest BCUT2D eigenvalue weighted by Gasteiger charge is 2.43. The Morgan fingerprint density at radius 3 is 2.73 bits per heavy atom. The van der Waals surface area contributed by atoms with Gasteiger partial charge >= 0.3 is 6.01 Å². The molecule has 0 amide bonds. The molecule has 5 aliphatic rings. The van der Waals surface area contributed by atoms with Crippen molar-refractivity contribution in [1.29, 1.82) is 0 Å². The lowest BCUT2D eigenvalue weighted by molar-refractivity contribution is 0.254. The second-order valence-corrected chi connectivity index (χ2v) is 11.0. The first-order chi connectivity index (χ1) is 16.3. The molecule has 7 rings (SSSR count). The van der Waals surface area contributed by atoms with Crippen LogP contribution in [0.2, 0.25) is 0 Å². The van der Waals surface area contributed by atoms with Gasteiger partial charge in [0.25, 0.3) is 0 Å². The van der Waals surface area contributed by atoms with E-state index >= 15 is 0 Å². The lowest BCUT2D eigenvalue weighted by atomic mass is 9.69. The second-order valence-electron chi connectivity index (χ2n) is 11.0. The normalized spacial score (nSPS) is 32.2. The van der Waals surface area contributed by atoms with E-state index in [1.54, 1.807) is 5.56 Å². The molecule has 3 aliphatic heterocycles. The maximum Gasteiger partial charge on any atom is 0.318 e. The Morgan fingerprint density at radius 1 is 1.03 bits per heavy atom. The molecule has 3 saturated heterocycles. The number of aryl methyl sites for hydroxylation is 1. The fraction of sp³-hybridized carbons (Fsp3) is 0.630. The van der Waals surface area contributed by atoms with E-state index in [9.17, 15) is 0 Å². The van der Waals surface area contributed by atoms with Crippen LogP contribution in [0.25, 0.3) is 0 Å². The molecule has 0 radical (unpaired) electrons. The summed E-state index contributed by atoms with van der Waals surface area (Å²) in [7, 11) is 0. The summed E-state index contributed by atoms with van der Waals surface area (Å²) in [6.07, 6.45) is 10.7. The number of fused-ring (bicyclic) bond motifs is 5. The number of nitrogens with zero attached hydrogens (tertiary/aromatic N) is 3. The topological polar surface area (TPSA) is 62.3 Å². The Morgan fingerprint density at radius 2 is 1.88 bits per heavy atom. The molecular weight excluding hydrogens is 410 g/mol. The van der Waals surface area contributed by atoms with Gasteiger partial charge in [0.15, 0.2) is 0 Å². The zero-order valence-electron chi connectivity index (χ0n) is 19.5. The molecule has 6 heteroatoms. The third-order valence-electron chi connectivity index (χ3n) is 8.96. The number of hydrogen-bond donors (Lipinski definition) is 2. The number of anilines is 1. The van der Waals surface area contributed by atoms with Crippen molar-refractivity contribution in [2.24, 2.45) is 0 Å². The van der Waals surface area contributed by atoms with Gasteiger partial charge in [0.1, 0.15) is 12.4 Å². The van der Waals surface area contributed by atoms with Crippen molar-refractivity contribution in [3.05, 3.63) is 46.6 Å². The van der Waals surface area contributed by atoms with Crippen LogP contribution < -0.4 is 20.3 Å². The maximum absolute atomic E-state index is 6.25. The summed E-state index contributed by atoms with van der Waals surface area (Å²) in [5.41, 5.74) is 5.97. The van der Waals surface area contributed by atoms with Crippen LogP contribution in [0, 0.1) is 0 Å². The van der Waals surface area contributed by atoms with Gasteiger partial charge in [-0.1, -0.05) is 24.3 Å². The fourth-order valence-electron chi connectivity index (χ4n) is 7.25. The van der Waals surface area contributed by atoms with Crippen LogP contribution in [0.5, 0.6) is 6.01 Å². The molecule has 1 aromatic carbocycles. The van der Waals surface area contributed by atoms with Crippen molar-refractivity contribution in [2.75, 3.05) is 31.1 Å². The quantitative estimate of drug-likeness (QED) is 0.755. The minimum absolute atomic E-state index is 0.238. The van der Waals surface area contributed by atoms with Crippen molar-refractivity contribution in [1.82, 2.24) is 20.6 Å². The van der Waals surface area contributed by atoms with Gasteiger partial charge in [0.05, 0.1) is 5.69 Å². The van der Waals surface area contributed by atoms with Gasteiger partial charge in [-0.2, -0.15) is 9.97 Å². The van der Waals surface area contributed by atoms with Crippen LogP contribution in [0.4, 0.5) is 5.82 Å². The number of aromatic nitrogens is 2. The molecule has 2 N–H and O–H groups in total. The van der Waals surface area contributed by atoms with Crippen LogP contribution in [-0.2, 0) is 24.7 Å². The van der Waals surface area contributed by atoms with Crippen molar-refractivity contribution in [3.63, 3.8) is 0 Å². The van der Waals surface area contributed by atoms with Crippen molar-refractivity contribution in [3.8, 4) is 6.01 Å². The highest BCUT2D eigenvalue weighted by molar-refractivity contribution is 5.54. The largest absolute Gasteiger partial charge is 0.462 e. The van der Waals surface area contributed by atoms with Gasteiger partial charge in [0, 0.05) is 42.2 Å². The van der Waals surface area contributed by atoms with Crippen LogP contribution in [0.3, 0.4) is 0 Å². The minimum Gasteiger partial charge on any atom is -0.462 e. The third kappa shape index (κ3) is 3.53. The molecule has 2 aromatic rings. The van der Waals surface area contributed by atoms with Crippen LogP contribution in [0.1, 0.15) is 60.9 Å². The van der Waals surface area contributed by atoms with E-state index in [0.29, 0.717) is 30.7 Å². The number of hydrogen-bond acceptors (Lipinski definition) is 6. The van der Waals surface area contributed by atoms with Gasteiger partial charge in [-0.05, 0) is 75.5 Å². The summed E-state index contributed by atoms with van der Waals surface area (Å²) in [5, 5.41) is 7.31. The Labute approximate surface area is 196 Å². The molecule has 1 aromatic heterocycles. The highest BCUT2D eigenvalue weighted by atomic mass is 16.5. The maximum atomic E-state index is 6.25. The van der Waals surface area contributed by atoms with E-state index in [1.165, 1.54) is 61.8 Å². The average Bonchev–Trinajstić information content (AvgIpc) is 3.57. The van der Waals surface area contributed by atoms with E-state index < -0.39 is 0 Å². The molecule has 3 unspecified atom stereocenters. The Hall–Kier alpha value is -2.18. The summed E-state index contributed by atoms with van der Waals surface area (Å²) < 4.78 is 6.25. The monoisotopic (exact) mass is 445 g/mol. The average molecular weight is 446 g/mol. The van der Waals surface area contributed by atoms with Gasteiger partial charge in [-0.15, -0.1) is 0 Å². The van der Waals surface area contributed by atoms with Crippen LogP contribution in [0.15, 0.2) is 24.3 Å². The van der Waals surface area contributed by atoms with Gasteiger partial charge in [-0.25, -0.2) is 0 Å². The predicted molar refractivity (Wildman–Crippen MR) is 129 cm³/mol. The molecule has 3 fully saturated rings. The highest BCUT2D eigenvalue weighted by Crippen LogP contribution is 2.48. The first-order valence-electron chi connectivity index (χ1n) is 13.1. The van der Waals surface area contributed by atoms with Crippen LogP contribution in [-0.4, -0.2) is 54.3 Å². The summed E-state index contributed by atoms with van der Waals surface area (Å²) in [6, 6.07) is 11.3. The van der Waals surface area contributed by atoms with E-state index in [0.717, 1.165) is 38.3 Å². The Bertz CT molecular complexity index is 1040. The molecule has 4 atom stereocenters. The molecule has 1 spiro atoms. The molecule has 6 nitrogen and oxygen atoms in total. The first kappa shape index (κ1) is 20.2. The Balaban J connectivity index is 1.24. The smallest absolute Gasteiger partial charge is 0.318 e. The molecule has 174 valence electrons. The summed E-state index contributed by atoms with van der Waals surface area (Å²) in [6.45, 7) is 3.86. The molecule has 4 heterocycles. The summed E-state index contributed by atoms with van der Waals surface area (Å²) in [5.74, 6) is 1.16. The zero-order chi connectivity index (χ0) is 21.8. The number of benzene rings is 1. The lowest BCUT2D eigenvalue weighted by Crippen LogP contribution is -2.52. The van der Waals surface area contributed by atoms with Gasteiger partial charge in [0.2, 0.25) is 0 Å². The van der Waals surface area contributed by atoms with E-state index in [1.807, 2.05) is 0 Å². The molecule has 2 aliphatic carbocycles. The van der Waals surface area contributed by atoms with E-state index in [2.05, 4.69) is 39.8 Å². The SMILES string of the molecule is c1ccc2c(c1)CCC21CCc2c(nc(OC[C@@H]3CCCN3)nc2N2CC3CCC(C2)N3)C1. The minimum atomic E-state index is 0.238. The van der Waals surface area contributed by atoms with Gasteiger partial charge in [-0.3, -0.25) is 0 Å². The van der Waals surface area contributed by atoms with Crippen LogP contribution >= 0.6 is 0 Å². The van der Waals surface area contributed by atoms with Crippen molar-refractivity contribution in [2.45, 2.75) is 81.3 Å². The first-order valence-corrected chi connectivity index (χ1v) is 13.1. The van der Waals surface area contributed by atoms with Crippen molar-refractivity contribution < 1.29 is 4.74 Å². The summed E-state index contributed by atoms with van der Waals surface area (Å²) >= 11 is 0. The van der Waals surface area contributed by atoms with Crippen molar-refractivity contribution >= 4 is 5.82 Å². The second kappa shape index (κ2) is 7.95. The predicted octanol–water partition coefficient (Wildman–Crippen LogP) is 2.92. The molecule has 0 saturated carbocycles. The number of piperazine rings is 1. The summed E-state index contributed by atoms with van der Waals surface area (Å²) in [4.78, 5) is 12.7. The van der Waals surface area contributed by atoms with Gasteiger partial charge < -0.3 is 20.3 Å². The standard InChI is InChI=1S/C27H35N5O/c1-2-6-23-18(4-1)9-11-27(23)12-10-22-24(14-27)30-26(33-17-21-5-3-13-28-21)31-25(22)32-15-19-7-8-20(16-32)29-19/h1-2,4,6,19-21,28-29H,3,5,7-17H2/t19?,20?,21-,27?/m0/s1. The number of rotatable bonds is 4. The zero-order valence-corrected chi connectivity index (χ0v) is 19.5. The molecular formula is C27H35N5O.